The maximum absolute atomic E-state index is 13.4. The van der Waals surface area contributed by atoms with Crippen molar-refractivity contribution in [2.45, 2.75) is 46.5 Å². The van der Waals surface area contributed by atoms with Gasteiger partial charge in [-0.1, -0.05) is 45.7 Å². The summed E-state index contributed by atoms with van der Waals surface area (Å²) >= 11 is 7.78. The van der Waals surface area contributed by atoms with E-state index in [9.17, 15) is 9.18 Å². The number of nitrogens with zero attached hydrogens (tertiary/aromatic N) is 2. The van der Waals surface area contributed by atoms with Crippen LogP contribution in [0.2, 0.25) is 5.15 Å². The van der Waals surface area contributed by atoms with E-state index in [0.717, 1.165) is 17.5 Å². The van der Waals surface area contributed by atoms with Crippen LogP contribution in [0.15, 0.2) is 18.5 Å². The van der Waals surface area contributed by atoms with Crippen LogP contribution >= 0.6 is 22.9 Å². The van der Waals surface area contributed by atoms with Gasteiger partial charge in [-0.25, -0.2) is 9.37 Å². The van der Waals surface area contributed by atoms with E-state index in [1.165, 1.54) is 17.4 Å². The molecule has 0 saturated carbocycles. The van der Waals surface area contributed by atoms with Crippen molar-refractivity contribution in [2.24, 2.45) is 11.8 Å². The first kappa shape index (κ1) is 19.0. The SMILES string of the molecule is CCC(CC(=O)C(C)C)C(C)c1sc(-c2cncc(F)c2)nc1Cl. The highest BCUT2D eigenvalue weighted by Gasteiger charge is 2.26. The molecule has 0 N–H and O–H groups in total. The number of aromatic nitrogens is 2. The van der Waals surface area contributed by atoms with Crippen molar-refractivity contribution in [1.82, 2.24) is 9.97 Å². The van der Waals surface area contributed by atoms with E-state index in [0.29, 0.717) is 22.1 Å². The fraction of sp³-hybridized carbons (Fsp3) is 0.500. The molecule has 0 aliphatic carbocycles. The largest absolute Gasteiger partial charge is 0.299 e. The van der Waals surface area contributed by atoms with Crippen LogP contribution in [0.25, 0.3) is 10.6 Å². The van der Waals surface area contributed by atoms with E-state index >= 15 is 0 Å². The number of carbonyl (C=O) groups excluding carboxylic acids is 1. The molecule has 3 nitrogen and oxygen atoms in total. The lowest BCUT2D eigenvalue weighted by Gasteiger charge is -2.22. The summed E-state index contributed by atoms with van der Waals surface area (Å²) in [7, 11) is 0. The first-order valence-corrected chi connectivity index (χ1v) is 9.32. The van der Waals surface area contributed by atoms with Crippen molar-refractivity contribution in [2.75, 3.05) is 0 Å². The molecule has 2 heterocycles. The van der Waals surface area contributed by atoms with E-state index in [1.807, 2.05) is 13.8 Å². The average Bonchev–Trinajstić information content (AvgIpc) is 2.93. The third kappa shape index (κ3) is 4.39. The van der Waals surface area contributed by atoms with Crippen LogP contribution in [0.1, 0.15) is 51.3 Å². The van der Waals surface area contributed by atoms with E-state index in [-0.39, 0.29) is 23.5 Å². The Bertz CT molecular complexity index is 717. The zero-order valence-corrected chi connectivity index (χ0v) is 15.9. The minimum Gasteiger partial charge on any atom is -0.299 e. The average molecular weight is 369 g/mol. The Morgan fingerprint density at radius 2 is 2.04 bits per heavy atom. The molecule has 24 heavy (non-hydrogen) atoms. The predicted octanol–water partition coefficient (Wildman–Crippen LogP) is 5.74. The van der Waals surface area contributed by atoms with Gasteiger partial charge in [-0.05, 0) is 17.9 Å². The monoisotopic (exact) mass is 368 g/mol. The molecular weight excluding hydrogens is 347 g/mol. The van der Waals surface area contributed by atoms with Crippen LogP contribution in [0, 0.1) is 17.7 Å². The summed E-state index contributed by atoms with van der Waals surface area (Å²) in [5.41, 5.74) is 0.617. The molecule has 0 amide bonds. The topological polar surface area (TPSA) is 42.9 Å². The van der Waals surface area contributed by atoms with Gasteiger partial charge in [-0.3, -0.25) is 9.78 Å². The van der Waals surface area contributed by atoms with Gasteiger partial charge in [0, 0.05) is 29.0 Å². The Morgan fingerprint density at radius 3 is 2.62 bits per heavy atom. The van der Waals surface area contributed by atoms with E-state index in [4.69, 9.17) is 11.6 Å². The highest BCUT2D eigenvalue weighted by atomic mass is 35.5. The summed E-state index contributed by atoms with van der Waals surface area (Å²) in [5.74, 6) is 0.248. The Kier molecular flexibility index (Phi) is 6.47. The highest BCUT2D eigenvalue weighted by Crippen LogP contribution is 2.40. The minimum atomic E-state index is -0.401. The van der Waals surface area contributed by atoms with Crippen LogP contribution in [-0.4, -0.2) is 15.8 Å². The third-order valence-electron chi connectivity index (χ3n) is 4.31. The number of pyridine rings is 1. The van der Waals surface area contributed by atoms with Crippen LogP contribution < -0.4 is 0 Å². The summed E-state index contributed by atoms with van der Waals surface area (Å²) in [6.07, 6.45) is 4.17. The van der Waals surface area contributed by atoms with Crippen molar-refractivity contribution in [1.29, 1.82) is 0 Å². The van der Waals surface area contributed by atoms with Gasteiger partial charge < -0.3 is 0 Å². The summed E-state index contributed by atoms with van der Waals surface area (Å²) in [6.45, 7) is 8.01. The van der Waals surface area contributed by atoms with E-state index in [1.54, 1.807) is 6.20 Å². The molecule has 0 saturated heterocycles. The molecule has 6 heteroatoms. The first-order valence-electron chi connectivity index (χ1n) is 8.13. The number of hydrogen-bond acceptors (Lipinski definition) is 4. The molecule has 0 aliphatic heterocycles. The third-order valence-corrected chi connectivity index (χ3v) is 6.02. The lowest BCUT2D eigenvalue weighted by molar-refractivity contribution is -0.123. The Labute approximate surface area is 151 Å². The number of carbonyl (C=O) groups is 1. The van der Waals surface area contributed by atoms with E-state index < -0.39 is 5.82 Å². The van der Waals surface area contributed by atoms with Crippen molar-refractivity contribution < 1.29 is 9.18 Å². The second kappa shape index (κ2) is 8.17. The molecular formula is C18H22ClFN2OS. The van der Waals surface area contributed by atoms with Gasteiger partial charge in [0.1, 0.15) is 21.8 Å². The first-order chi connectivity index (χ1) is 11.3. The lowest BCUT2D eigenvalue weighted by atomic mass is 9.84. The molecule has 2 unspecified atom stereocenters. The van der Waals surface area contributed by atoms with Crippen molar-refractivity contribution in [3.05, 3.63) is 34.3 Å². The molecule has 0 fully saturated rings. The number of ketones is 1. The maximum atomic E-state index is 13.4. The Hall–Kier alpha value is -1.33. The van der Waals surface area contributed by atoms with Crippen molar-refractivity contribution in [3.8, 4) is 10.6 Å². The van der Waals surface area contributed by atoms with Crippen LogP contribution in [-0.2, 0) is 4.79 Å². The Morgan fingerprint density at radius 1 is 1.33 bits per heavy atom. The second-order valence-electron chi connectivity index (χ2n) is 6.35. The number of thiazole rings is 1. The van der Waals surface area contributed by atoms with Crippen LogP contribution in [0.5, 0.6) is 0 Å². The van der Waals surface area contributed by atoms with Gasteiger partial charge in [0.05, 0.1) is 6.20 Å². The zero-order chi connectivity index (χ0) is 17.9. The van der Waals surface area contributed by atoms with Crippen LogP contribution in [0.3, 0.4) is 0 Å². The summed E-state index contributed by atoms with van der Waals surface area (Å²) in [6, 6.07) is 1.40. The zero-order valence-electron chi connectivity index (χ0n) is 14.3. The van der Waals surface area contributed by atoms with Gasteiger partial charge in [0.2, 0.25) is 0 Å². The molecule has 2 atom stereocenters. The van der Waals surface area contributed by atoms with Gasteiger partial charge in [0.15, 0.2) is 0 Å². The highest BCUT2D eigenvalue weighted by molar-refractivity contribution is 7.15. The second-order valence-corrected chi connectivity index (χ2v) is 7.74. The molecule has 0 bridgehead atoms. The summed E-state index contributed by atoms with van der Waals surface area (Å²) < 4.78 is 13.4. The quantitative estimate of drug-likeness (QED) is 0.625. The smallest absolute Gasteiger partial charge is 0.144 e. The van der Waals surface area contributed by atoms with Crippen molar-refractivity contribution >= 4 is 28.7 Å². The summed E-state index contributed by atoms with van der Waals surface area (Å²) in [4.78, 5) is 21.3. The molecule has 0 spiro atoms. The fourth-order valence-corrected chi connectivity index (χ4v) is 4.13. The molecule has 0 radical (unpaired) electrons. The molecule has 2 rings (SSSR count). The lowest BCUT2D eigenvalue weighted by Crippen LogP contribution is -2.17. The van der Waals surface area contributed by atoms with Gasteiger partial charge in [0.25, 0.3) is 0 Å². The summed E-state index contributed by atoms with van der Waals surface area (Å²) in [5, 5.41) is 1.08. The number of rotatable bonds is 7. The minimum absolute atomic E-state index is 0.0390. The Balaban J connectivity index is 2.26. The maximum Gasteiger partial charge on any atom is 0.144 e. The predicted molar refractivity (Wildman–Crippen MR) is 97.0 cm³/mol. The molecule has 2 aromatic rings. The number of Topliss-reactive ketones (excluding diaryl/α,β-unsaturated/α-hetero) is 1. The number of halogens is 2. The molecule has 0 aliphatic rings. The van der Waals surface area contributed by atoms with Crippen LogP contribution in [0.4, 0.5) is 4.39 Å². The molecule has 2 aromatic heterocycles. The standard InChI is InChI=1S/C18H22ClFN2OS/c1-5-12(7-15(23)10(2)3)11(4)16-17(19)22-18(24-16)13-6-14(20)9-21-8-13/h6,8-12H,5,7H2,1-4H3. The number of hydrogen-bond donors (Lipinski definition) is 0. The van der Waals surface area contributed by atoms with Crippen molar-refractivity contribution in [3.63, 3.8) is 0 Å². The normalized spacial score (nSPS) is 14.0. The fourth-order valence-electron chi connectivity index (χ4n) is 2.63. The van der Waals surface area contributed by atoms with Gasteiger partial charge in [-0.15, -0.1) is 11.3 Å². The molecule has 0 aromatic carbocycles. The molecule has 130 valence electrons. The van der Waals surface area contributed by atoms with E-state index in [2.05, 4.69) is 23.8 Å². The van der Waals surface area contributed by atoms with Gasteiger partial charge >= 0.3 is 0 Å². The van der Waals surface area contributed by atoms with Gasteiger partial charge in [-0.2, -0.15) is 0 Å².